The van der Waals surface area contributed by atoms with Crippen molar-refractivity contribution in [3.05, 3.63) is 67.0 Å². The van der Waals surface area contributed by atoms with Crippen molar-refractivity contribution in [1.29, 1.82) is 0 Å². The van der Waals surface area contributed by atoms with Gasteiger partial charge in [-0.25, -0.2) is 9.67 Å². The lowest BCUT2D eigenvalue weighted by atomic mass is 10.3. The van der Waals surface area contributed by atoms with Crippen LogP contribution in [0.25, 0.3) is 16.7 Å². The van der Waals surface area contributed by atoms with Gasteiger partial charge >= 0.3 is 0 Å². The van der Waals surface area contributed by atoms with Gasteiger partial charge in [0.15, 0.2) is 5.65 Å². The summed E-state index contributed by atoms with van der Waals surface area (Å²) in [5.41, 5.74) is 2.59. The Labute approximate surface area is 138 Å². The van der Waals surface area contributed by atoms with Gasteiger partial charge in [-0.1, -0.05) is 18.2 Å². The van der Waals surface area contributed by atoms with Gasteiger partial charge in [0.2, 0.25) is 5.95 Å². The second kappa shape index (κ2) is 6.00. The van der Waals surface area contributed by atoms with Gasteiger partial charge in [0.1, 0.15) is 5.75 Å². The van der Waals surface area contributed by atoms with Gasteiger partial charge in [-0.2, -0.15) is 10.1 Å². The number of anilines is 2. The lowest BCUT2D eigenvalue weighted by molar-refractivity contribution is 0.414. The van der Waals surface area contributed by atoms with E-state index in [0.717, 1.165) is 28.2 Å². The second-order valence-electron chi connectivity index (χ2n) is 5.22. The van der Waals surface area contributed by atoms with E-state index >= 15 is 0 Å². The predicted octanol–water partition coefficient (Wildman–Crippen LogP) is 3.57. The lowest BCUT2D eigenvalue weighted by Crippen LogP contribution is -2.01. The molecule has 0 radical (unpaired) electrons. The van der Waals surface area contributed by atoms with E-state index in [2.05, 4.69) is 20.4 Å². The van der Waals surface area contributed by atoms with Crippen molar-refractivity contribution in [2.24, 2.45) is 0 Å². The van der Waals surface area contributed by atoms with E-state index in [4.69, 9.17) is 4.74 Å². The molecular formula is C18H15N5O. The quantitative estimate of drug-likeness (QED) is 0.623. The van der Waals surface area contributed by atoms with Crippen LogP contribution in [0.5, 0.6) is 5.75 Å². The Kier molecular flexibility index (Phi) is 3.55. The Morgan fingerprint density at radius 2 is 1.75 bits per heavy atom. The minimum absolute atomic E-state index is 0.531. The zero-order chi connectivity index (χ0) is 16.4. The summed E-state index contributed by atoms with van der Waals surface area (Å²) in [7, 11) is 1.65. The number of fused-ring (bicyclic) bond motifs is 1. The van der Waals surface area contributed by atoms with Crippen LogP contribution in [-0.2, 0) is 0 Å². The zero-order valence-corrected chi connectivity index (χ0v) is 13.0. The Morgan fingerprint density at radius 3 is 2.50 bits per heavy atom. The average Bonchev–Trinajstić information content (AvgIpc) is 3.06. The molecule has 4 rings (SSSR count). The Hall–Kier alpha value is -3.41. The average molecular weight is 317 g/mol. The van der Waals surface area contributed by atoms with Crippen LogP contribution in [0.2, 0.25) is 0 Å². The van der Waals surface area contributed by atoms with Crippen LogP contribution in [0, 0.1) is 0 Å². The normalized spacial score (nSPS) is 10.7. The number of ether oxygens (including phenoxy) is 1. The van der Waals surface area contributed by atoms with E-state index in [1.807, 2.05) is 54.6 Å². The molecular weight excluding hydrogens is 302 g/mol. The number of nitrogens with zero attached hydrogens (tertiary/aromatic N) is 4. The summed E-state index contributed by atoms with van der Waals surface area (Å²) >= 11 is 0. The predicted molar refractivity (Wildman–Crippen MR) is 92.9 cm³/mol. The summed E-state index contributed by atoms with van der Waals surface area (Å²) < 4.78 is 6.98. The highest BCUT2D eigenvalue weighted by molar-refractivity contribution is 5.77. The van der Waals surface area contributed by atoms with Gasteiger partial charge in [0, 0.05) is 11.9 Å². The fourth-order valence-corrected chi connectivity index (χ4v) is 2.44. The topological polar surface area (TPSA) is 64.9 Å². The standard InChI is InChI=1S/C18H15N5O/c1-24-16-9-7-15(8-10-16)23-17-13(12-20-23)11-19-18(22-17)21-14-5-3-2-4-6-14/h2-12H,1H3,(H,19,21,22). The summed E-state index contributed by atoms with van der Waals surface area (Å²) in [6.45, 7) is 0. The van der Waals surface area contributed by atoms with E-state index in [1.165, 1.54) is 0 Å². The highest BCUT2D eigenvalue weighted by Gasteiger charge is 2.09. The van der Waals surface area contributed by atoms with Crippen LogP contribution in [0.3, 0.4) is 0 Å². The molecule has 24 heavy (non-hydrogen) atoms. The van der Waals surface area contributed by atoms with Gasteiger partial charge in [0.05, 0.1) is 24.4 Å². The largest absolute Gasteiger partial charge is 0.497 e. The van der Waals surface area contributed by atoms with Gasteiger partial charge < -0.3 is 10.1 Å². The first-order chi connectivity index (χ1) is 11.8. The fourth-order valence-electron chi connectivity index (χ4n) is 2.44. The van der Waals surface area contributed by atoms with Crippen LogP contribution >= 0.6 is 0 Å². The third-order valence-electron chi connectivity index (χ3n) is 3.66. The Bertz CT molecular complexity index is 964. The number of para-hydroxylation sites is 1. The van der Waals surface area contributed by atoms with Gasteiger partial charge in [-0.3, -0.25) is 0 Å². The number of nitrogens with one attached hydrogen (secondary N) is 1. The summed E-state index contributed by atoms with van der Waals surface area (Å²) in [6, 6.07) is 17.5. The summed E-state index contributed by atoms with van der Waals surface area (Å²) in [4.78, 5) is 8.94. The van der Waals surface area contributed by atoms with E-state index in [0.29, 0.717) is 5.95 Å². The number of benzene rings is 2. The monoisotopic (exact) mass is 317 g/mol. The molecule has 6 heteroatoms. The molecule has 2 aromatic carbocycles. The Balaban J connectivity index is 1.72. The molecule has 0 saturated heterocycles. The molecule has 0 unspecified atom stereocenters. The zero-order valence-electron chi connectivity index (χ0n) is 13.0. The maximum atomic E-state index is 5.19. The Morgan fingerprint density at radius 1 is 0.958 bits per heavy atom. The van der Waals surface area contributed by atoms with Crippen molar-refractivity contribution in [3.63, 3.8) is 0 Å². The smallest absolute Gasteiger partial charge is 0.229 e. The van der Waals surface area contributed by atoms with Crippen LogP contribution in [0.15, 0.2) is 67.0 Å². The number of hydrogen-bond donors (Lipinski definition) is 1. The third kappa shape index (κ3) is 2.65. The van der Waals surface area contributed by atoms with Crippen molar-refractivity contribution in [2.75, 3.05) is 12.4 Å². The molecule has 0 fully saturated rings. The van der Waals surface area contributed by atoms with Crippen LogP contribution in [0.1, 0.15) is 0 Å². The van der Waals surface area contributed by atoms with Gasteiger partial charge in [-0.05, 0) is 36.4 Å². The number of rotatable bonds is 4. The first kappa shape index (κ1) is 14.2. The summed E-state index contributed by atoms with van der Waals surface area (Å²) in [5, 5.41) is 8.49. The van der Waals surface area contributed by atoms with Crippen LogP contribution in [0.4, 0.5) is 11.6 Å². The maximum absolute atomic E-state index is 5.19. The summed E-state index contributed by atoms with van der Waals surface area (Å²) in [6.07, 6.45) is 3.52. The van der Waals surface area contributed by atoms with Gasteiger partial charge in [0.25, 0.3) is 0 Å². The first-order valence-corrected chi connectivity index (χ1v) is 7.51. The molecule has 0 spiro atoms. The molecule has 1 N–H and O–H groups in total. The van der Waals surface area contributed by atoms with Crippen molar-refractivity contribution >= 4 is 22.7 Å². The third-order valence-corrected chi connectivity index (χ3v) is 3.66. The van der Waals surface area contributed by atoms with Crippen LogP contribution < -0.4 is 10.1 Å². The van der Waals surface area contributed by atoms with E-state index < -0.39 is 0 Å². The molecule has 4 aromatic rings. The van der Waals surface area contributed by atoms with E-state index in [9.17, 15) is 0 Å². The lowest BCUT2D eigenvalue weighted by Gasteiger charge is -2.07. The maximum Gasteiger partial charge on any atom is 0.229 e. The molecule has 0 bridgehead atoms. The van der Waals surface area contributed by atoms with Crippen molar-refractivity contribution in [3.8, 4) is 11.4 Å². The minimum Gasteiger partial charge on any atom is -0.497 e. The molecule has 0 aliphatic rings. The van der Waals surface area contributed by atoms with Crippen molar-refractivity contribution in [2.45, 2.75) is 0 Å². The van der Waals surface area contributed by atoms with Gasteiger partial charge in [-0.15, -0.1) is 0 Å². The molecule has 2 aromatic heterocycles. The molecule has 0 amide bonds. The highest BCUT2D eigenvalue weighted by Crippen LogP contribution is 2.20. The number of methoxy groups -OCH3 is 1. The molecule has 0 aliphatic carbocycles. The molecule has 118 valence electrons. The minimum atomic E-state index is 0.531. The summed E-state index contributed by atoms with van der Waals surface area (Å²) in [5.74, 6) is 1.33. The second-order valence-corrected chi connectivity index (χ2v) is 5.22. The van der Waals surface area contributed by atoms with Crippen LogP contribution in [-0.4, -0.2) is 26.9 Å². The SMILES string of the molecule is COc1ccc(-n2ncc3cnc(Nc4ccccc4)nc32)cc1. The van der Waals surface area contributed by atoms with Crippen molar-refractivity contribution < 1.29 is 4.74 Å². The van der Waals surface area contributed by atoms with E-state index in [1.54, 1.807) is 24.2 Å². The molecule has 2 heterocycles. The highest BCUT2D eigenvalue weighted by atomic mass is 16.5. The molecule has 0 saturated carbocycles. The fraction of sp³-hybridized carbons (Fsp3) is 0.0556. The number of aromatic nitrogens is 4. The molecule has 6 nitrogen and oxygen atoms in total. The van der Waals surface area contributed by atoms with E-state index in [-0.39, 0.29) is 0 Å². The first-order valence-electron chi connectivity index (χ1n) is 7.51. The molecule has 0 atom stereocenters. The van der Waals surface area contributed by atoms with Crippen molar-refractivity contribution in [1.82, 2.24) is 19.7 Å². The number of hydrogen-bond acceptors (Lipinski definition) is 5. The molecule has 0 aliphatic heterocycles.